The van der Waals surface area contributed by atoms with Crippen LogP contribution >= 0.6 is 27.7 Å². The van der Waals surface area contributed by atoms with Crippen molar-refractivity contribution in [3.8, 4) is 0 Å². The first-order chi connectivity index (χ1) is 5.09. The lowest BCUT2D eigenvalue weighted by Crippen LogP contribution is -2.33. The number of hydrogen-bond donors (Lipinski definition) is 1. The molecule has 11 heavy (non-hydrogen) atoms. The molecular weight excluding hydrogens is 232 g/mol. The lowest BCUT2D eigenvalue weighted by Gasteiger charge is -2.17. The predicted octanol–water partition coefficient (Wildman–Crippen LogP) is 0.949. The fourth-order valence-corrected chi connectivity index (χ4v) is 1.98. The molecule has 0 fully saturated rings. The van der Waals surface area contributed by atoms with Gasteiger partial charge >= 0.3 is 5.97 Å². The molecule has 0 amide bonds. The van der Waals surface area contributed by atoms with Crippen molar-refractivity contribution in [2.75, 3.05) is 0 Å². The zero-order chi connectivity index (χ0) is 8.43. The van der Waals surface area contributed by atoms with Crippen LogP contribution in [0.5, 0.6) is 0 Å². The number of carbonyl (C=O) groups is 1. The third-order valence-electron chi connectivity index (χ3n) is 0.947. The number of nitrogens with zero attached hydrogens (tertiary/aromatic N) is 1. The standard InChI is InChI=1S/C5H7BrN2O2S/c1-3(9)10-8-2-4(6)11-5(8)7/h2,5H,7H2,1H3. The van der Waals surface area contributed by atoms with Crippen molar-refractivity contribution in [2.24, 2.45) is 5.73 Å². The largest absolute Gasteiger partial charge is 0.339 e. The van der Waals surface area contributed by atoms with Gasteiger partial charge in [-0.15, -0.1) is 0 Å². The first kappa shape index (κ1) is 8.89. The van der Waals surface area contributed by atoms with Gasteiger partial charge in [0.2, 0.25) is 0 Å². The van der Waals surface area contributed by atoms with Crippen LogP contribution < -0.4 is 5.73 Å². The summed E-state index contributed by atoms with van der Waals surface area (Å²) in [7, 11) is 0. The van der Waals surface area contributed by atoms with E-state index in [1.54, 1.807) is 6.20 Å². The molecule has 1 unspecified atom stereocenters. The molecule has 1 atom stereocenters. The van der Waals surface area contributed by atoms with Crippen molar-refractivity contribution >= 4 is 33.7 Å². The molecule has 62 valence electrons. The van der Waals surface area contributed by atoms with Crippen LogP contribution in [-0.4, -0.2) is 16.5 Å². The third kappa shape index (κ3) is 2.39. The van der Waals surface area contributed by atoms with Crippen molar-refractivity contribution in [3.63, 3.8) is 0 Å². The Morgan fingerprint density at radius 3 is 3.00 bits per heavy atom. The molecular formula is C5H7BrN2O2S. The summed E-state index contributed by atoms with van der Waals surface area (Å²) in [5, 5.41) is 1.30. The highest BCUT2D eigenvalue weighted by molar-refractivity contribution is 9.14. The van der Waals surface area contributed by atoms with Crippen molar-refractivity contribution in [3.05, 3.63) is 10.0 Å². The second-order valence-electron chi connectivity index (χ2n) is 1.88. The van der Waals surface area contributed by atoms with E-state index in [9.17, 15) is 4.79 Å². The highest BCUT2D eigenvalue weighted by Gasteiger charge is 2.22. The molecule has 4 nitrogen and oxygen atoms in total. The van der Waals surface area contributed by atoms with Gasteiger partial charge in [0.1, 0.15) is 0 Å². The Kier molecular flexibility index (Phi) is 2.80. The minimum atomic E-state index is -0.375. The number of carbonyl (C=O) groups excluding carboxylic acids is 1. The molecule has 0 radical (unpaired) electrons. The van der Waals surface area contributed by atoms with E-state index in [0.717, 1.165) is 3.81 Å². The summed E-state index contributed by atoms with van der Waals surface area (Å²) < 4.78 is 0.853. The number of thioether (sulfide) groups is 1. The summed E-state index contributed by atoms with van der Waals surface area (Å²) in [6.07, 6.45) is 1.62. The van der Waals surface area contributed by atoms with Gasteiger partial charge < -0.3 is 4.84 Å². The van der Waals surface area contributed by atoms with E-state index < -0.39 is 0 Å². The van der Waals surface area contributed by atoms with E-state index in [1.165, 1.54) is 23.7 Å². The van der Waals surface area contributed by atoms with Crippen LogP contribution in [0.4, 0.5) is 0 Å². The number of rotatable bonds is 1. The van der Waals surface area contributed by atoms with Gasteiger partial charge in [0, 0.05) is 6.92 Å². The van der Waals surface area contributed by atoms with E-state index in [2.05, 4.69) is 15.9 Å². The Labute approximate surface area is 76.8 Å². The second-order valence-corrected chi connectivity index (χ2v) is 4.42. The van der Waals surface area contributed by atoms with Crippen LogP contribution in [0.25, 0.3) is 0 Å². The van der Waals surface area contributed by atoms with Gasteiger partial charge in [-0.2, -0.15) is 5.06 Å². The quantitative estimate of drug-likeness (QED) is 0.738. The average molecular weight is 239 g/mol. The van der Waals surface area contributed by atoms with Gasteiger partial charge in [-0.1, -0.05) is 11.8 Å². The van der Waals surface area contributed by atoms with Crippen molar-refractivity contribution in [1.29, 1.82) is 0 Å². The van der Waals surface area contributed by atoms with Crippen LogP contribution in [0.3, 0.4) is 0 Å². The number of hydroxylamine groups is 2. The normalized spacial score (nSPS) is 23.4. The van der Waals surface area contributed by atoms with Crippen molar-refractivity contribution in [2.45, 2.75) is 12.4 Å². The molecule has 0 saturated carbocycles. The summed E-state index contributed by atoms with van der Waals surface area (Å²) in [6, 6.07) is 0. The molecule has 2 N–H and O–H groups in total. The Hall–Kier alpha value is -0.200. The van der Waals surface area contributed by atoms with Crippen LogP contribution in [0, 0.1) is 0 Å². The molecule has 1 heterocycles. The molecule has 0 saturated heterocycles. The van der Waals surface area contributed by atoms with Gasteiger partial charge in [-0.05, 0) is 15.9 Å². The highest BCUT2D eigenvalue weighted by atomic mass is 79.9. The molecule has 0 aromatic heterocycles. The smallest absolute Gasteiger partial charge is 0.329 e. The van der Waals surface area contributed by atoms with Crippen LogP contribution in [0.2, 0.25) is 0 Å². The lowest BCUT2D eigenvalue weighted by atomic mass is 10.8. The summed E-state index contributed by atoms with van der Waals surface area (Å²) in [5.74, 6) is -0.375. The zero-order valence-electron chi connectivity index (χ0n) is 5.78. The van der Waals surface area contributed by atoms with Gasteiger partial charge in [-0.25, -0.2) is 0 Å². The van der Waals surface area contributed by atoms with E-state index in [0.29, 0.717) is 0 Å². The van der Waals surface area contributed by atoms with Gasteiger partial charge in [0.25, 0.3) is 0 Å². The van der Waals surface area contributed by atoms with Crippen LogP contribution in [-0.2, 0) is 9.63 Å². The summed E-state index contributed by atoms with van der Waals surface area (Å²) in [4.78, 5) is 15.2. The maximum absolute atomic E-state index is 10.5. The molecule has 0 aromatic carbocycles. The Bertz CT molecular complexity index is 209. The van der Waals surface area contributed by atoms with Gasteiger partial charge in [-0.3, -0.25) is 10.5 Å². The van der Waals surface area contributed by atoms with E-state index in [4.69, 9.17) is 10.6 Å². The monoisotopic (exact) mass is 238 g/mol. The number of halogens is 1. The lowest BCUT2D eigenvalue weighted by molar-refractivity contribution is -0.176. The third-order valence-corrected chi connectivity index (χ3v) is 2.49. The topological polar surface area (TPSA) is 55.6 Å². The molecule has 6 heteroatoms. The van der Waals surface area contributed by atoms with E-state index in [-0.39, 0.29) is 11.5 Å². The van der Waals surface area contributed by atoms with Crippen LogP contribution in [0.15, 0.2) is 10.0 Å². The Morgan fingerprint density at radius 1 is 2.00 bits per heavy atom. The van der Waals surface area contributed by atoms with Crippen molar-refractivity contribution < 1.29 is 9.63 Å². The summed E-state index contributed by atoms with van der Waals surface area (Å²) in [5.41, 5.74) is 5.21. The molecule has 1 rings (SSSR count). The molecule has 0 bridgehead atoms. The molecule has 0 aromatic rings. The van der Waals surface area contributed by atoms with Crippen molar-refractivity contribution in [1.82, 2.24) is 5.06 Å². The summed E-state index contributed by atoms with van der Waals surface area (Å²) >= 11 is 4.59. The Balaban J connectivity index is 2.52. The maximum Gasteiger partial charge on any atom is 0.329 e. The maximum atomic E-state index is 10.5. The fourth-order valence-electron chi connectivity index (χ4n) is 0.598. The minimum Gasteiger partial charge on any atom is -0.339 e. The van der Waals surface area contributed by atoms with E-state index in [1.807, 2.05) is 0 Å². The number of nitrogens with two attached hydrogens (primary N) is 1. The summed E-state index contributed by atoms with van der Waals surface area (Å²) in [6.45, 7) is 1.33. The first-order valence-electron chi connectivity index (χ1n) is 2.86. The van der Waals surface area contributed by atoms with E-state index >= 15 is 0 Å². The predicted molar refractivity (Wildman–Crippen MR) is 46.2 cm³/mol. The Morgan fingerprint density at radius 2 is 2.64 bits per heavy atom. The molecule has 1 aliphatic rings. The highest BCUT2D eigenvalue weighted by Crippen LogP contribution is 2.33. The average Bonchev–Trinajstić information content (AvgIpc) is 2.09. The van der Waals surface area contributed by atoms with Crippen LogP contribution in [0.1, 0.15) is 6.92 Å². The van der Waals surface area contributed by atoms with Gasteiger partial charge in [0.05, 0.1) is 10.0 Å². The molecule has 0 spiro atoms. The second kappa shape index (κ2) is 3.46. The SMILES string of the molecule is CC(=O)ON1C=C(Br)SC1N. The van der Waals surface area contributed by atoms with Gasteiger partial charge in [0.15, 0.2) is 5.50 Å². The first-order valence-corrected chi connectivity index (χ1v) is 4.53. The minimum absolute atomic E-state index is 0.340. The molecule has 0 aliphatic carbocycles. The zero-order valence-corrected chi connectivity index (χ0v) is 8.18. The fraction of sp³-hybridized carbons (Fsp3) is 0.400. The molecule has 1 aliphatic heterocycles. The number of hydrogen-bond acceptors (Lipinski definition) is 5.